The van der Waals surface area contributed by atoms with E-state index in [0.29, 0.717) is 52.5 Å². The zero-order valence-corrected chi connectivity index (χ0v) is 28.6. The fourth-order valence-corrected chi connectivity index (χ4v) is 5.47. The van der Waals surface area contributed by atoms with E-state index < -0.39 is 15.8 Å². The molecular formula is C36H32ClFN4O8S. The van der Waals surface area contributed by atoms with Crippen LogP contribution < -0.4 is 15.4 Å². The lowest BCUT2D eigenvalue weighted by Gasteiger charge is -2.12. The number of aromatic hydroxyl groups is 2. The summed E-state index contributed by atoms with van der Waals surface area (Å²) in [6.45, 7) is 0.956. The number of nitrogens with zero attached hydrogens (tertiary/aromatic N) is 2. The molecule has 4 aromatic carbocycles. The molecule has 0 radical (unpaired) electrons. The predicted molar refractivity (Wildman–Crippen MR) is 191 cm³/mol. The number of nitrogens with one attached hydrogen (secondary N) is 2. The third-order valence-electron chi connectivity index (χ3n) is 7.22. The average Bonchev–Trinajstić information content (AvgIpc) is 3.56. The Morgan fingerprint density at radius 1 is 0.980 bits per heavy atom. The van der Waals surface area contributed by atoms with Crippen molar-refractivity contribution >= 4 is 49.8 Å². The number of aromatic nitrogens is 2. The Morgan fingerprint density at radius 3 is 2.53 bits per heavy atom. The lowest BCUT2D eigenvalue weighted by Crippen LogP contribution is -2.21. The van der Waals surface area contributed by atoms with Gasteiger partial charge in [0, 0.05) is 29.4 Å². The van der Waals surface area contributed by atoms with Gasteiger partial charge < -0.3 is 35.1 Å². The third-order valence-corrected chi connectivity index (χ3v) is 8.46. The van der Waals surface area contributed by atoms with Gasteiger partial charge >= 0.3 is 5.97 Å². The molecule has 0 spiro atoms. The van der Waals surface area contributed by atoms with Gasteiger partial charge in [-0.3, -0.25) is 0 Å². The number of carboxylic acid groups (broad SMARTS) is 1. The van der Waals surface area contributed by atoms with Crippen LogP contribution in [-0.2, 0) is 23.0 Å². The van der Waals surface area contributed by atoms with E-state index in [0.717, 1.165) is 28.6 Å². The van der Waals surface area contributed by atoms with Crippen molar-refractivity contribution in [1.82, 2.24) is 15.3 Å². The normalized spacial score (nSPS) is 11.1. The van der Waals surface area contributed by atoms with Crippen molar-refractivity contribution in [3.8, 4) is 28.6 Å². The van der Waals surface area contributed by atoms with Crippen molar-refractivity contribution in [1.29, 1.82) is 0 Å². The van der Waals surface area contributed by atoms with Crippen molar-refractivity contribution < 1.29 is 42.1 Å². The van der Waals surface area contributed by atoms with Crippen LogP contribution in [0.4, 0.5) is 15.9 Å². The van der Waals surface area contributed by atoms with Gasteiger partial charge in [-0.15, -0.1) is 0 Å². The number of hydrogen-bond donors (Lipinski definition) is 5. The number of carboxylic acids is 1. The van der Waals surface area contributed by atoms with E-state index in [1.165, 1.54) is 30.8 Å². The second-order valence-electron chi connectivity index (χ2n) is 11.2. The number of ether oxygens (including phenoxy) is 1. The minimum atomic E-state index is -3.02. The zero-order valence-electron chi connectivity index (χ0n) is 27.0. The Labute approximate surface area is 297 Å². The highest BCUT2D eigenvalue weighted by atomic mass is 35.5. The molecule has 0 saturated carbocycles. The molecule has 0 fully saturated rings. The third kappa shape index (κ3) is 10.4. The number of aromatic carboxylic acids is 1. The first kappa shape index (κ1) is 36.6. The van der Waals surface area contributed by atoms with Crippen LogP contribution in [-0.4, -0.2) is 58.2 Å². The topological polar surface area (TPSA) is 184 Å². The summed E-state index contributed by atoms with van der Waals surface area (Å²) >= 11 is 6.47. The van der Waals surface area contributed by atoms with Gasteiger partial charge in [0.1, 0.15) is 68.7 Å². The molecule has 5 N–H and O–H groups in total. The molecule has 2 aromatic heterocycles. The van der Waals surface area contributed by atoms with E-state index in [4.69, 9.17) is 36.1 Å². The number of hydrogen-bond acceptors (Lipinski definition) is 11. The summed E-state index contributed by atoms with van der Waals surface area (Å²) in [6, 6.07) is 24.3. The van der Waals surface area contributed by atoms with E-state index in [-0.39, 0.29) is 35.2 Å². The van der Waals surface area contributed by atoms with Crippen LogP contribution in [0.3, 0.4) is 0 Å². The number of rotatable bonds is 12. The summed E-state index contributed by atoms with van der Waals surface area (Å²) in [7, 11) is -3.02. The Morgan fingerprint density at radius 2 is 1.80 bits per heavy atom. The lowest BCUT2D eigenvalue weighted by molar-refractivity contribution is 0.0693. The SMILES string of the molecule is CS(=O)(=O)CCNCc1ccc(-c2ccc3ncnc(Nc4ccc(OCc5cccc(F)c5)c(Cl)c4)c3c2)o1.O=C(O)c1cc(O)ccc1O. The number of sulfone groups is 1. The van der Waals surface area contributed by atoms with E-state index in [1.54, 1.807) is 24.3 Å². The predicted octanol–water partition coefficient (Wildman–Crippen LogP) is 6.94. The number of furan rings is 1. The number of phenolic OH excluding ortho intramolecular Hbond substituents is 1. The first-order chi connectivity index (χ1) is 24.3. The molecule has 0 aliphatic carbocycles. The number of fused-ring (bicyclic) bond motifs is 1. The van der Waals surface area contributed by atoms with E-state index >= 15 is 0 Å². The van der Waals surface area contributed by atoms with Crippen LogP contribution in [0.15, 0.2) is 102 Å². The van der Waals surface area contributed by atoms with Crippen LogP contribution in [0.5, 0.6) is 17.2 Å². The summed E-state index contributed by atoms with van der Waals surface area (Å²) in [5, 5.41) is 33.7. The highest BCUT2D eigenvalue weighted by molar-refractivity contribution is 7.90. The van der Waals surface area contributed by atoms with Crippen LogP contribution in [0.25, 0.3) is 22.2 Å². The maximum absolute atomic E-state index is 13.4. The second kappa shape index (κ2) is 16.3. The van der Waals surface area contributed by atoms with E-state index in [1.807, 2.05) is 36.4 Å². The standard InChI is InChI=1S/C29H26ClFN4O4S.C7H6O4/c1-40(36,37)12-11-32-16-23-7-10-27(39-23)20-5-8-26-24(14-20)29(34-18-33-26)35-22-6-9-28(25(30)15-22)38-17-19-3-2-4-21(31)13-19;8-4-1-2-6(9)5(3-4)7(10)11/h2-10,13-15,18,32H,11-12,16-17H2,1H3,(H,33,34,35);1-3,8-9H,(H,10,11). The summed E-state index contributed by atoms with van der Waals surface area (Å²) in [5.74, 6) is 0.375. The van der Waals surface area contributed by atoms with Gasteiger partial charge in [-0.1, -0.05) is 23.7 Å². The molecule has 6 aromatic rings. The molecule has 2 heterocycles. The molecule has 0 bridgehead atoms. The maximum Gasteiger partial charge on any atom is 0.339 e. The molecule has 6 rings (SSSR count). The van der Waals surface area contributed by atoms with E-state index in [2.05, 4.69) is 20.6 Å². The number of benzene rings is 4. The van der Waals surface area contributed by atoms with Crippen molar-refractivity contribution in [2.75, 3.05) is 23.9 Å². The first-order valence-electron chi connectivity index (χ1n) is 15.3. The molecule has 0 atom stereocenters. The number of phenols is 2. The number of carbonyl (C=O) groups is 1. The summed E-state index contributed by atoms with van der Waals surface area (Å²) in [6.07, 6.45) is 2.69. The molecule has 12 nitrogen and oxygen atoms in total. The smallest absolute Gasteiger partial charge is 0.339 e. The highest BCUT2D eigenvalue weighted by Crippen LogP contribution is 2.33. The molecule has 0 aliphatic heterocycles. The maximum atomic E-state index is 13.4. The quantitative estimate of drug-likeness (QED) is 0.0646. The van der Waals surface area contributed by atoms with Gasteiger partial charge in [-0.05, 0) is 84.4 Å². The van der Waals surface area contributed by atoms with Crippen LogP contribution in [0.1, 0.15) is 21.7 Å². The van der Waals surface area contributed by atoms with Crippen LogP contribution in [0, 0.1) is 5.82 Å². The van der Waals surface area contributed by atoms with Gasteiger partial charge in [0.2, 0.25) is 0 Å². The summed E-state index contributed by atoms with van der Waals surface area (Å²) in [5.41, 5.74) is 2.69. The Balaban J connectivity index is 0.000000392. The highest BCUT2D eigenvalue weighted by Gasteiger charge is 2.12. The molecule has 15 heteroatoms. The largest absolute Gasteiger partial charge is 0.508 e. The minimum absolute atomic E-state index is 0.0664. The fraction of sp³-hybridized carbons (Fsp3) is 0.139. The van der Waals surface area contributed by atoms with Gasteiger partial charge in [-0.2, -0.15) is 0 Å². The van der Waals surface area contributed by atoms with Crippen molar-refractivity contribution in [2.24, 2.45) is 0 Å². The average molecular weight is 735 g/mol. The van der Waals surface area contributed by atoms with Crippen molar-refractivity contribution in [3.05, 3.63) is 125 Å². The fourth-order valence-electron chi connectivity index (χ4n) is 4.72. The monoisotopic (exact) mass is 734 g/mol. The van der Waals surface area contributed by atoms with Crippen molar-refractivity contribution in [2.45, 2.75) is 13.2 Å². The molecule has 0 amide bonds. The van der Waals surface area contributed by atoms with Crippen LogP contribution >= 0.6 is 11.6 Å². The van der Waals surface area contributed by atoms with E-state index in [9.17, 15) is 17.6 Å². The summed E-state index contributed by atoms with van der Waals surface area (Å²) in [4.78, 5) is 19.1. The number of anilines is 2. The molecule has 0 unspecified atom stereocenters. The zero-order chi connectivity index (χ0) is 36.5. The van der Waals surface area contributed by atoms with Gasteiger partial charge in [0.05, 0.1) is 22.8 Å². The van der Waals surface area contributed by atoms with Gasteiger partial charge in [0.15, 0.2) is 0 Å². The Kier molecular flexibility index (Phi) is 11.7. The van der Waals surface area contributed by atoms with Gasteiger partial charge in [-0.25, -0.2) is 27.6 Å². The number of halogens is 2. The molecule has 0 saturated heterocycles. The minimum Gasteiger partial charge on any atom is -0.508 e. The van der Waals surface area contributed by atoms with Gasteiger partial charge in [0.25, 0.3) is 0 Å². The molecule has 0 aliphatic rings. The Bertz CT molecular complexity index is 2280. The Hall–Kier alpha value is -5.70. The molecule has 51 heavy (non-hydrogen) atoms. The first-order valence-corrected chi connectivity index (χ1v) is 17.7. The van der Waals surface area contributed by atoms with Crippen molar-refractivity contribution in [3.63, 3.8) is 0 Å². The second-order valence-corrected chi connectivity index (χ2v) is 13.9. The molecule has 264 valence electrons. The van der Waals surface area contributed by atoms with Crippen LogP contribution in [0.2, 0.25) is 5.02 Å². The lowest BCUT2D eigenvalue weighted by atomic mass is 10.1. The summed E-state index contributed by atoms with van der Waals surface area (Å²) < 4.78 is 47.8. The molecular weight excluding hydrogens is 703 g/mol.